The molecule has 0 fully saturated rings. The molecule has 112 valence electrons. The second kappa shape index (κ2) is 7.17. The Morgan fingerprint density at radius 1 is 1.45 bits per heavy atom. The zero-order valence-electron chi connectivity index (χ0n) is 11.0. The maximum atomic E-state index is 12.0. The summed E-state index contributed by atoms with van der Waals surface area (Å²) in [6.07, 6.45) is 0.482. The van der Waals surface area contributed by atoms with Crippen molar-refractivity contribution in [2.75, 3.05) is 25.5 Å². The first kappa shape index (κ1) is 16.3. The van der Waals surface area contributed by atoms with Crippen molar-refractivity contribution in [2.24, 2.45) is 0 Å². The molecule has 0 heterocycles. The highest BCUT2D eigenvalue weighted by Gasteiger charge is 2.25. The van der Waals surface area contributed by atoms with E-state index in [9.17, 15) is 18.5 Å². The SMILES string of the molecule is CCOCCCNS(=O)(=O)c1ccc(N)cc1[N+](=O)[O-]. The Kier molecular flexibility index (Phi) is 5.86. The summed E-state index contributed by atoms with van der Waals surface area (Å²) >= 11 is 0. The summed E-state index contributed by atoms with van der Waals surface area (Å²) in [4.78, 5) is 9.71. The standard InChI is InChI=1S/C11H17N3O5S/c1-2-19-7-3-6-13-20(17,18)11-5-4-9(12)8-10(11)14(15)16/h4-5,8,13H,2-3,6-7,12H2,1H3. The van der Waals surface area contributed by atoms with Gasteiger partial charge in [0.25, 0.3) is 5.69 Å². The lowest BCUT2D eigenvalue weighted by atomic mass is 10.3. The predicted octanol–water partition coefficient (Wildman–Crippen LogP) is 0.882. The van der Waals surface area contributed by atoms with E-state index in [1.54, 1.807) is 0 Å². The Morgan fingerprint density at radius 3 is 2.75 bits per heavy atom. The molecular weight excluding hydrogens is 286 g/mol. The van der Waals surface area contributed by atoms with Gasteiger partial charge in [-0.3, -0.25) is 10.1 Å². The van der Waals surface area contributed by atoms with Crippen molar-refractivity contribution in [1.82, 2.24) is 4.72 Å². The van der Waals surface area contributed by atoms with E-state index < -0.39 is 25.5 Å². The Morgan fingerprint density at radius 2 is 2.15 bits per heavy atom. The molecule has 0 radical (unpaired) electrons. The predicted molar refractivity (Wildman–Crippen MR) is 73.8 cm³/mol. The van der Waals surface area contributed by atoms with Crippen LogP contribution in [0.25, 0.3) is 0 Å². The second-order valence-corrected chi connectivity index (χ2v) is 5.67. The van der Waals surface area contributed by atoms with E-state index in [1.165, 1.54) is 6.07 Å². The quantitative estimate of drug-likeness (QED) is 0.318. The molecule has 8 nitrogen and oxygen atoms in total. The molecule has 0 saturated carbocycles. The highest BCUT2D eigenvalue weighted by Crippen LogP contribution is 2.25. The molecule has 0 aliphatic rings. The fourth-order valence-electron chi connectivity index (χ4n) is 1.51. The molecule has 0 saturated heterocycles. The number of ether oxygens (including phenoxy) is 1. The minimum Gasteiger partial charge on any atom is -0.399 e. The fraction of sp³-hybridized carbons (Fsp3) is 0.455. The number of rotatable bonds is 8. The summed E-state index contributed by atoms with van der Waals surface area (Å²) in [5, 5.41) is 10.9. The number of hydrogen-bond acceptors (Lipinski definition) is 6. The molecular formula is C11H17N3O5S. The van der Waals surface area contributed by atoms with E-state index in [0.29, 0.717) is 19.6 Å². The maximum Gasteiger partial charge on any atom is 0.291 e. The largest absolute Gasteiger partial charge is 0.399 e. The number of benzene rings is 1. The van der Waals surface area contributed by atoms with Crippen molar-refractivity contribution in [3.05, 3.63) is 28.3 Å². The van der Waals surface area contributed by atoms with Gasteiger partial charge in [0, 0.05) is 31.5 Å². The number of nitrogen functional groups attached to an aromatic ring is 1. The van der Waals surface area contributed by atoms with Crippen LogP contribution in [0.3, 0.4) is 0 Å². The summed E-state index contributed by atoms with van der Waals surface area (Å²) < 4.78 is 31.4. The molecule has 0 spiro atoms. The summed E-state index contributed by atoms with van der Waals surface area (Å²) in [5.41, 5.74) is 5.02. The number of hydrogen-bond donors (Lipinski definition) is 2. The van der Waals surface area contributed by atoms with Gasteiger partial charge in [0.2, 0.25) is 10.0 Å². The lowest BCUT2D eigenvalue weighted by molar-refractivity contribution is -0.387. The van der Waals surface area contributed by atoms with Crippen molar-refractivity contribution >= 4 is 21.4 Å². The normalized spacial score (nSPS) is 11.4. The van der Waals surface area contributed by atoms with Crippen LogP contribution < -0.4 is 10.5 Å². The molecule has 0 aliphatic carbocycles. The third kappa shape index (κ3) is 4.44. The van der Waals surface area contributed by atoms with E-state index in [0.717, 1.165) is 12.1 Å². The van der Waals surface area contributed by atoms with Crippen molar-refractivity contribution < 1.29 is 18.1 Å². The molecule has 3 N–H and O–H groups in total. The third-order valence-electron chi connectivity index (χ3n) is 2.43. The van der Waals surface area contributed by atoms with E-state index in [1.807, 2.05) is 6.92 Å². The van der Waals surface area contributed by atoms with Gasteiger partial charge in [0.1, 0.15) is 0 Å². The number of anilines is 1. The van der Waals surface area contributed by atoms with Gasteiger partial charge in [0.05, 0.1) is 4.92 Å². The first-order valence-electron chi connectivity index (χ1n) is 6.00. The number of nitro groups is 1. The van der Waals surface area contributed by atoms with E-state index in [2.05, 4.69) is 4.72 Å². The van der Waals surface area contributed by atoms with Crippen molar-refractivity contribution in [2.45, 2.75) is 18.2 Å². The average Bonchev–Trinajstić information content (AvgIpc) is 2.38. The zero-order chi connectivity index (χ0) is 15.2. The Balaban J connectivity index is 2.84. The van der Waals surface area contributed by atoms with Gasteiger partial charge in [-0.2, -0.15) is 0 Å². The Hall–Kier alpha value is -1.71. The number of nitrogens with two attached hydrogens (primary N) is 1. The van der Waals surface area contributed by atoms with Crippen LogP contribution in [0.5, 0.6) is 0 Å². The van der Waals surface area contributed by atoms with Gasteiger partial charge in [-0.15, -0.1) is 0 Å². The first-order chi connectivity index (χ1) is 9.38. The zero-order valence-corrected chi connectivity index (χ0v) is 11.9. The highest BCUT2D eigenvalue weighted by molar-refractivity contribution is 7.89. The van der Waals surface area contributed by atoms with E-state index in [-0.39, 0.29) is 12.2 Å². The van der Waals surface area contributed by atoms with Gasteiger partial charge < -0.3 is 10.5 Å². The maximum absolute atomic E-state index is 12.0. The molecule has 0 unspecified atom stereocenters. The number of nitrogens with one attached hydrogen (secondary N) is 1. The first-order valence-corrected chi connectivity index (χ1v) is 7.48. The molecule has 9 heteroatoms. The molecule has 1 aromatic carbocycles. The molecule has 1 rings (SSSR count). The molecule has 1 aromatic rings. The van der Waals surface area contributed by atoms with Crippen LogP contribution in [0.1, 0.15) is 13.3 Å². The summed E-state index contributed by atoms with van der Waals surface area (Å²) in [5.74, 6) is 0. The summed E-state index contributed by atoms with van der Waals surface area (Å²) in [6.45, 7) is 2.95. The van der Waals surface area contributed by atoms with Crippen LogP contribution in [0.4, 0.5) is 11.4 Å². The minimum absolute atomic E-state index is 0.131. The lowest BCUT2D eigenvalue weighted by Crippen LogP contribution is -2.26. The van der Waals surface area contributed by atoms with Gasteiger partial charge in [0.15, 0.2) is 4.90 Å². The van der Waals surface area contributed by atoms with Gasteiger partial charge in [-0.25, -0.2) is 13.1 Å². The monoisotopic (exact) mass is 303 g/mol. The molecule has 0 amide bonds. The molecule has 0 aliphatic heterocycles. The third-order valence-corrected chi connectivity index (χ3v) is 3.94. The second-order valence-electron chi connectivity index (χ2n) is 3.93. The van der Waals surface area contributed by atoms with Crippen molar-refractivity contribution in [1.29, 1.82) is 0 Å². The van der Waals surface area contributed by atoms with Crippen molar-refractivity contribution in [3.63, 3.8) is 0 Å². The van der Waals surface area contributed by atoms with Gasteiger partial charge >= 0.3 is 0 Å². The van der Waals surface area contributed by atoms with Crippen LogP contribution in [-0.4, -0.2) is 33.1 Å². The summed E-state index contributed by atoms with van der Waals surface area (Å²) in [7, 11) is -3.94. The van der Waals surface area contributed by atoms with Gasteiger partial charge in [-0.1, -0.05) is 0 Å². The number of sulfonamides is 1. The van der Waals surface area contributed by atoms with Crippen LogP contribution in [0.15, 0.2) is 23.1 Å². The van der Waals surface area contributed by atoms with E-state index in [4.69, 9.17) is 10.5 Å². The Bertz CT molecular complexity index is 573. The van der Waals surface area contributed by atoms with E-state index >= 15 is 0 Å². The van der Waals surface area contributed by atoms with Crippen LogP contribution >= 0.6 is 0 Å². The smallest absolute Gasteiger partial charge is 0.291 e. The number of nitro benzene ring substituents is 1. The summed E-state index contributed by atoms with van der Waals surface area (Å²) in [6, 6.07) is 3.45. The molecule has 20 heavy (non-hydrogen) atoms. The van der Waals surface area contributed by atoms with Crippen LogP contribution in [-0.2, 0) is 14.8 Å². The fourth-order valence-corrected chi connectivity index (χ4v) is 2.73. The Labute approximate surface area is 117 Å². The lowest BCUT2D eigenvalue weighted by Gasteiger charge is -2.07. The minimum atomic E-state index is -3.94. The number of nitrogens with zero attached hydrogens (tertiary/aromatic N) is 1. The molecule has 0 aromatic heterocycles. The van der Waals surface area contributed by atoms with Crippen LogP contribution in [0.2, 0.25) is 0 Å². The molecule has 0 atom stereocenters. The van der Waals surface area contributed by atoms with Crippen LogP contribution in [0, 0.1) is 10.1 Å². The topological polar surface area (TPSA) is 125 Å². The van der Waals surface area contributed by atoms with Gasteiger partial charge in [-0.05, 0) is 25.5 Å². The highest BCUT2D eigenvalue weighted by atomic mass is 32.2. The molecule has 0 bridgehead atoms. The van der Waals surface area contributed by atoms with Crippen molar-refractivity contribution in [3.8, 4) is 0 Å². The average molecular weight is 303 g/mol.